The molecule has 2 heteroatoms. The second-order valence-electron chi connectivity index (χ2n) is 5.37. The van der Waals surface area contributed by atoms with Crippen molar-refractivity contribution in [3.63, 3.8) is 0 Å². The zero-order valence-electron chi connectivity index (χ0n) is 10.9. The van der Waals surface area contributed by atoms with Crippen LogP contribution in [0.5, 0.6) is 0 Å². The predicted molar refractivity (Wildman–Crippen MR) is 67.0 cm³/mol. The van der Waals surface area contributed by atoms with Crippen LogP contribution in [0.15, 0.2) is 0 Å². The van der Waals surface area contributed by atoms with Crippen LogP contribution in [0.25, 0.3) is 0 Å². The maximum absolute atomic E-state index is 6.41. The topological polar surface area (TPSA) is 29.3 Å². The molecular formula is C13H28N2. The van der Waals surface area contributed by atoms with Crippen molar-refractivity contribution in [1.29, 1.82) is 0 Å². The first-order valence-electron chi connectivity index (χ1n) is 6.57. The van der Waals surface area contributed by atoms with Gasteiger partial charge in [0.25, 0.3) is 0 Å². The summed E-state index contributed by atoms with van der Waals surface area (Å²) >= 11 is 0. The van der Waals surface area contributed by atoms with Gasteiger partial charge in [-0.1, -0.05) is 20.3 Å². The standard InChI is InChI=1S/C13H28N2/c1-5-13(14,6-2)10-15-11(3)8-7-9-12(15)4/h11-12H,5-10,14H2,1-4H3. The molecule has 0 amide bonds. The predicted octanol–water partition coefficient (Wildman–Crippen LogP) is 2.77. The highest BCUT2D eigenvalue weighted by atomic mass is 15.2. The first-order valence-corrected chi connectivity index (χ1v) is 6.57. The molecule has 0 saturated carbocycles. The lowest BCUT2D eigenvalue weighted by Crippen LogP contribution is -2.55. The van der Waals surface area contributed by atoms with E-state index in [2.05, 4.69) is 32.6 Å². The highest BCUT2D eigenvalue weighted by molar-refractivity contribution is 4.90. The molecule has 0 aromatic rings. The molecular weight excluding hydrogens is 184 g/mol. The Kier molecular flexibility index (Phi) is 4.60. The molecule has 0 radical (unpaired) electrons. The first kappa shape index (κ1) is 13.0. The third-order valence-corrected chi connectivity index (χ3v) is 4.28. The third-order valence-electron chi connectivity index (χ3n) is 4.28. The number of rotatable bonds is 4. The number of likely N-dealkylation sites (tertiary alicyclic amines) is 1. The summed E-state index contributed by atoms with van der Waals surface area (Å²) in [6.45, 7) is 10.2. The van der Waals surface area contributed by atoms with Gasteiger partial charge in [-0.3, -0.25) is 4.90 Å². The van der Waals surface area contributed by atoms with Crippen molar-refractivity contribution >= 4 is 0 Å². The molecule has 2 atom stereocenters. The SMILES string of the molecule is CCC(N)(CC)CN1C(C)CCCC1C. The van der Waals surface area contributed by atoms with E-state index >= 15 is 0 Å². The maximum Gasteiger partial charge on any atom is 0.0278 e. The average molecular weight is 212 g/mol. The number of hydrogen-bond acceptors (Lipinski definition) is 2. The van der Waals surface area contributed by atoms with Crippen LogP contribution in [0.4, 0.5) is 0 Å². The van der Waals surface area contributed by atoms with Crippen LogP contribution in [0.1, 0.15) is 59.8 Å². The number of nitrogens with two attached hydrogens (primary N) is 1. The molecule has 0 aliphatic carbocycles. The molecule has 1 aliphatic heterocycles. The second-order valence-corrected chi connectivity index (χ2v) is 5.37. The molecule has 90 valence electrons. The van der Waals surface area contributed by atoms with E-state index in [9.17, 15) is 0 Å². The van der Waals surface area contributed by atoms with E-state index in [1.54, 1.807) is 0 Å². The van der Waals surface area contributed by atoms with E-state index in [0.29, 0.717) is 0 Å². The molecule has 0 spiro atoms. The molecule has 1 rings (SSSR count). The molecule has 15 heavy (non-hydrogen) atoms. The summed E-state index contributed by atoms with van der Waals surface area (Å²) in [4.78, 5) is 2.62. The highest BCUT2D eigenvalue weighted by Crippen LogP contribution is 2.25. The fourth-order valence-electron chi connectivity index (χ4n) is 2.62. The van der Waals surface area contributed by atoms with E-state index in [4.69, 9.17) is 5.73 Å². The zero-order valence-corrected chi connectivity index (χ0v) is 10.9. The van der Waals surface area contributed by atoms with E-state index < -0.39 is 0 Å². The van der Waals surface area contributed by atoms with Gasteiger partial charge >= 0.3 is 0 Å². The van der Waals surface area contributed by atoms with E-state index in [1.165, 1.54) is 19.3 Å². The van der Waals surface area contributed by atoms with Gasteiger partial charge in [0, 0.05) is 24.2 Å². The smallest absolute Gasteiger partial charge is 0.0278 e. The Morgan fingerprint density at radius 2 is 1.60 bits per heavy atom. The Labute approximate surface area is 95.2 Å². The van der Waals surface area contributed by atoms with Crippen molar-refractivity contribution in [3.8, 4) is 0 Å². The Hall–Kier alpha value is -0.0800. The van der Waals surface area contributed by atoms with Gasteiger partial charge in [-0.05, 0) is 39.5 Å². The van der Waals surface area contributed by atoms with Crippen LogP contribution in [-0.2, 0) is 0 Å². The normalized spacial score (nSPS) is 29.4. The molecule has 2 N–H and O–H groups in total. The molecule has 0 aromatic carbocycles. The Morgan fingerprint density at radius 1 is 1.13 bits per heavy atom. The van der Waals surface area contributed by atoms with Gasteiger partial charge in [0.2, 0.25) is 0 Å². The van der Waals surface area contributed by atoms with E-state index in [1.807, 2.05) is 0 Å². The van der Waals surface area contributed by atoms with Crippen LogP contribution in [-0.4, -0.2) is 29.1 Å². The Morgan fingerprint density at radius 3 is 2.00 bits per heavy atom. The highest BCUT2D eigenvalue weighted by Gasteiger charge is 2.31. The molecule has 1 aliphatic rings. The van der Waals surface area contributed by atoms with Crippen molar-refractivity contribution < 1.29 is 0 Å². The monoisotopic (exact) mass is 212 g/mol. The molecule has 2 unspecified atom stereocenters. The summed E-state index contributed by atoms with van der Waals surface area (Å²) in [6, 6.07) is 1.43. The van der Waals surface area contributed by atoms with Gasteiger partial charge < -0.3 is 5.73 Å². The summed E-state index contributed by atoms with van der Waals surface area (Å²) in [6.07, 6.45) is 6.23. The lowest BCUT2D eigenvalue weighted by molar-refractivity contribution is 0.0727. The minimum atomic E-state index is 0.0276. The van der Waals surface area contributed by atoms with Crippen LogP contribution in [0.2, 0.25) is 0 Å². The quantitative estimate of drug-likeness (QED) is 0.776. The Balaban J connectivity index is 2.61. The summed E-state index contributed by atoms with van der Waals surface area (Å²) in [7, 11) is 0. The van der Waals surface area contributed by atoms with Gasteiger partial charge in [-0.15, -0.1) is 0 Å². The molecule has 1 fully saturated rings. The fraction of sp³-hybridized carbons (Fsp3) is 1.00. The number of piperidine rings is 1. The van der Waals surface area contributed by atoms with E-state index in [0.717, 1.165) is 31.5 Å². The maximum atomic E-state index is 6.41. The summed E-state index contributed by atoms with van der Waals surface area (Å²) in [5.74, 6) is 0. The van der Waals surface area contributed by atoms with Gasteiger partial charge in [-0.2, -0.15) is 0 Å². The van der Waals surface area contributed by atoms with Crippen LogP contribution >= 0.6 is 0 Å². The van der Waals surface area contributed by atoms with E-state index in [-0.39, 0.29) is 5.54 Å². The third kappa shape index (κ3) is 3.18. The van der Waals surface area contributed by atoms with Crippen LogP contribution < -0.4 is 5.73 Å². The summed E-state index contributed by atoms with van der Waals surface area (Å²) in [5.41, 5.74) is 6.44. The minimum Gasteiger partial charge on any atom is -0.324 e. The van der Waals surface area contributed by atoms with Crippen molar-refractivity contribution in [1.82, 2.24) is 4.90 Å². The largest absolute Gasteiger partial charge is 0.324 e. The van der Waals surface area contributed by atoms with Crippen LogP contribution in [0, 0.1) is 0 Å². The van der Waals surface area contributed by atoms with Gasteiger partial charge in [-0.25, -0.2) is 0 Å². The molecule has 0 aromatic heterocycles. The van der Waals surface area contributed by atoms with Crippen molar-refractivity contribution in [2.45, 2.75) is 77.4 Å². The van der Waals surface area contributed by atoms with Crippen molar-refractivity contribution in [3.05, 3.63) is 0 Å². The zero-order chi connectivity index (χ0) is 11.5. The van der Waals surface area contributed by atoms with Crippen molar-refractivity contribution in [2.75, 3.05) is 6.54 Å². The Bertz CT molecular complexity index is 177. The lowest BCUT2D eigenvalue weighted by Gasteiger charge is -2.44. The van der Waals surface area contributed by atoms with Crippen molar-refractivity contribution in [2.24, 2.45) is 5.73 Å². The fourth-order valence-corrected chi connectivity index (χ4v) is 2.62. The first-order chi connectivity index (χ1) is 7.02. The van der Waals surface area contributed by atoms with Gasteiger partial charge in [0.15, 0.2) is 0 Å². The average Bonchev–Trinajstić information content (AvgIpc) is 2.23. The number of hydrogen-bond donors (Lipinski definition) is 1. The molecule has 2 nitrogen and oxygen atoms in total. The molecule has 0 bridgehead atoms. The minimum absolute atomic E-state index is 0.0276. The molecule has 1 saturated heterocycles. The second kappa shape index (κ2) is 5.31. The number of nitrogens with zero attached hydrogens (tertiary/aromatic N) is 1. The van der Waals surface area contributed by atoms with Crippen LogP contribution in [0.3, 0.4) is 0 Å². The molecule has 1 heterocycles. The van der Waals surface area contributed by atoms with Gasteiger partial charge in [0.1, 0.15) is 0 Å². The summed E-state index contributed by atoms with van der Waals surface area (Å²) in [5, 5.41) is 0. The van der Waals surface area contributed by atoms with Gasteiger partial charge in [0.05, 0.1) is 0 Å². The lowest BCUT2D eigenvalue weighted by atomic mass is 9.89. The summed E-state index contributed by atoms with van der Waals surface area (Å²) < 4.78 is 0.